The molecule has 1 aliphatic heterocycles. The van der Waals surface area contributed by atoms with Crippen LogP contribution in [0.25, 0.3) is 0 Å². The molecule has 0 saturated heterocycles. The lowest BCUT2D eigenvalue weighted by atomic mass is 9.96. The Bertz CT molecular complexity index is 476. The number of benzene rings is 1. The Morgan fingerprint density at radius 3 is 2.75 bits per heavy atom. The van der Waals surface area contributed by atoms with Gasteiger partial charge in [0.15, 0.2) is 0 Å². The lowest BCUT2D eigenvalue weighted by Crippen LogP contribution is -2.37. The van der Waals surface area contributed by atoms with Gasteiger partial charge in [0.1, 0.15) is 0 Å². The Kier molecular flexibility index (Phi) is 4.36. The standard InChI is InChI=1S/C17H26N2O/c1-13-12-14-8-5-6-9-15(14)19(13)11-7-10-18-16(20)17(2,3)4/h5-6,8-9,13H,7,10-12H2,1-4H3,(H,18,20)/t13-/m0/s1. The number of carbonyl (C=O) groups excluding carboxylic acids is 1. The molecule has 1 aromatic carbocycles. The van der Waals surface area contributed by atoms with Gasteiger partial charge in [-0.15, -0.1) is 0 Å². The molecule has 1 atom stereocenters. The zero-order valence-electron chi connectivity index (χ0n) is 13.1. The highest BCUT2D eigenvalue weighted by Crippen LogP contribution is 2.31. The van der Waals surface area contributed by atoms with Crippen molar-refractivity contribution in [1.29, 1.82) is 0 Å². The maximum absolute atomic E-state index is 11.8. The summed E-state index contributed by atoms with van der Waals surface area (Å²) in [7, 11) is 0. The summed E-state index contributed by atoms with van der Waals surface area (Å²) < 4.78 is 0. The fraction of sp³-hybridized carbons (Fsp3) is 0.588. The number of para-hydroxylation sites is 1. The third-order valence-electron chi connectivity index (χ3n) is 3.89. The number of hydrogen-bond donors (Lipinski definition) is 1. The molecule has 3 nitrogen and oxygen atoms in total. The second-order valence-corrected chi connectivity index (χ2v) is 6.73. The van der Waals surface area contributed by atoms with E-state index in [2.05, 4.69) is 41.4 Å². The van der Waals surface area contributed by atoms with Crippen LogP contribution in [0.15, 0.2) is 24.3 Å². The minimum absolute atomic E-state index is 0.132. The summed E-state index contributed by atoms with van der Waals surface area (Å²) in [6.45, 7) is 9.86. The largest absolute Gasteiger partial charge is 0.368 e. The van der Waals surface area contributed by atoms with Gasteiger partial charge in [0.2, 0.25) is 5.91 Å². The third-order valence-corrected chi connectivity index (χ3v) is 3.89. The highest BCUT2D eigenvalue weighted by Gasteiger charge is 2.25. The normalized spacial score (nSPS) is 18.0. The van der Waals surface area contributed by atoms with E-state index in [1.807, 2.05) is 20.8 Å². The Labute approximate surface area is 122 Å². The Morgan fingerprint density at radius 2 is 2.05 bits per heavy atom. The van der Waals surface area contributed by atoms with E-state index >= 15 is 0 Å². The topological polar surface area (TPSA) is 32.3 Å². The van der Waals surface area contributed by atoms with Crippen molar-refractivity contribution in [3.8, 4) is 0 Å². The van der Waals surface area contributed by atoms with Gasteiger partial charge in [-0.1, -0.05) is 39.0 Å². The number of nitrogens with zero attached hydrogens (tertiary/aromatic N) is 1. The van der Waals surface area contributed by atoms with Crippen LogP contribution in [0.3, 0.4) is 0 Å². The average molecular weight is 274 g/mol. The molecule has 110 valence electrons. The van der Waals surface area contributed by atoms with Gasteiger partial charge in [0, 0.05) is 30.2 Å². The highest BCUT2D eigenvalue weighted by atomic mass is 16.2. The number of carbonyl (C=O) groups is 1. The first-order valence-corrected chi connectivity index (χ1v) is 7.52. The van der Waals surface area contributed by atoms with E-state index in [4.69, 9.17) is 0 Å². The summed E-state index contributed by atoms with van der Waals surface area (Å²) in [6, 6.07) is 9.19. The summed E-state index contributed by atoms with van der Waals surface area (Å²) in [4.78, 5) is 14.3. The van der Waals surface area contributed by atoms with E-state index in [0.29, 0.717) is 6.04 Å². The second-order valence-electron chi connectivity index (χ2n) is 6.73. The van der Waals surface area contributed by atoms with Gasteiger partial charge in [-0.2, -0.15) is 0 Å². The van der Waals surface area contributed by atoms with Gasteiger partial charge in [-0.3, -0.25) is 4.79 Å². The van der Waals surface area contributed by atoms with Crippen LogP contribution in [0.4, 0.5) is 5.69 Å². The summed E-state index contributed by atoms with van der Waals surface area (Å²) in [5.74, 6) is 0.132. The lowest BCUT2D eigenvalue weighted by molar-refractivity contribution is -0.128. The van der Waals surface area contributed by atoms with E-state index in [1.165, 1.54) is 11.3 Å². The van der Waals surface area contributed by atoms with Crippen LogP contribution in [0.1, 0.15) is 39.7 Å². The van der Waals surface area contributed by atoms with Crippen LogP contribution in [-0.2, 0) is 11.2 Å². The lowest BCUT2D eigenvalue weighted by Gasteiger charge is -2.25. The Hall–Kier alpha value is -1.51. The van der Waals surface area contributed by atoms with Crippen molar-refractivity contribution in [2.45, 2.75) is 46.6 Å². The Morgan fingerprint density at radius 1 is 1.35 bits per heavy atom. The van der Waals surface area contributed by atoms with Gasteiger partial charge < -0.3 is 10.2 Å². The molecule has 1 aromatic rings. The molecule has 0 bridgehead atoms. The number of fused-ring (bicyclic) bond motifs is 1. The molecule has 3 heteroatoms. The molecular formula is C17H26N2O. The fourth-order valence-corrected chi connectivity index (χ4v) is 2.69. The second kappa shape index (κ2) is 5.86. The fourth-order valence-electron chi connectivity index (χ4n) is 2.69. The van der Waals surface area contributed by atoms with Gasteiger partial charge in [-0.25, -0.2) is 0 Å². The molecule has 0 aliphatic carbocycles. The number of hydrogen-bond acceptors (Lipinski definition) is 2. The van der Waals surface area contributed by atoms with Gasteiger partial charge >= 0.3 is 0 Å². The van der Waals surface area contributed by atoms with E-state index in [0.717, 1.165) is 25.9 Å². The minimum atomic E-state index is -0.298. The molecular weight excluding hydrogens is 248 g/mol. The number of nitrogens with one attached hydrogen (secondary N) is 1. The zero-order valence-corrected chi connectivity index (χ0v) is 13.1. The maximum atomic E-state index is 11.8. The summed E-state index contributed by atoms with van der Waals surface area (Å²) >= 11 is 0. The number of anilines is 1. The number of rotatable bonds is 4. The van der Waals surface area contributed by atoms with E-state index < -0.39 is 0 Å². The van der Waals surface area contributed by atoms with Crippen molar-refractivity contribution in [2.24, 2.45) is 5.41 Å². The zero-order chi connectivity index (χ0) is 14.8. The van der Waals surface area contributed by atoms with Crippen molar-refractivity contribution in [3.63, 3.8) is 0 Å². The van der Waals surface area contributed by atoms with Crippen LogP contribution in [0, 0.1) is 5.41 Å². The predicted molar refractivity (Wildman–Crippen MR) is 84.0 cm³/mol. The molecule has 0 aromatic heterocycles. The van der Waals surface area contributed by atoms with E-state index in [-0.39, 0.29) is 11.3 Å². The summed E-state index contributed by atoms with van der Waals surface area (Å²) in [6.07, 6.45) is 2.12. The first-order chi connectivity index (χ1) is 9.39. The van der Waals surface area contributed by atoms with E-state index in [9.17, 15) is 4.79 Å². The van der Waals surface area contributed by atoms with Crippen molar-refractivity contribution >= 4 is 11.6 Å². The first-order valence-electron chi connectivity index (χ1n) is 7.52. The summed E-state index contributed by atoms with van der Waals surface area (Å²) in [5, 5.41) is 3.02. The molecule has 0 fully saturated rings. The third kappa shape index (κ3) is 3.33. The SMILES string of the molecule is C[C@H]1Cc2ccccc2N1CCCNC(=O)C(C)(C)C. The van der Waals surface area contributed by atoms with Gasteiger partial charge in [-0.05, 0) is 31.4 Å². The van der Waals surface area contributed by atoms with Gasteiger partial charge in [0.25, 0.3) is 0 Å². The van der Waals surface area contributed by atoms with Crippen LogP contribution in [-0.4, -0.2) is 25.0 Å². The molecule has 1 aliphatic rings. The first kappa shape index (κ1) is 14.9. The quantitative estimate of drug-likeness (QED) is 0.856. The molecule has 0 saturated carbocycles. The molecule has 0 unspecified atom stereocenters. The van der Waals surface area contributed by atoms with Crippen LogP contribution in [0.5, 0.6) is 0 Å². The molecule has 20 heavy (non-hydrogen) atoms. The van der Waals surface area contributed by atoms with Crippen molar-refractivity contribution < 1.29 is 4.79 Å². The van der Waals surface area contributed by atoms with Crippen LogP contribution in [0.2, 0.25) is 0 Å². The summed E-state index contributed by atoms with van der Waals surface area (Å²) in [5.41, 5.74) is 2.51. The molecule has 0 spiro atoms. The highest BCUT2D eigenvalue weighted by molar-refractivity contribution is 5.81. The average Bonchev–Trinajstić information content (AvgIpc) is 2.69. The van der Waals surface area contributed by atoms with Crippen LogP contribution < -0.4 is 10.2 Å². The molecule has 1 N–H and O–H groups in total. The Balaban J connectivity index is 1.82. The predicted octanol–water partition coefficient (Wildman–Crippen LogP) is 2.99. The van der Waals surface area contributed by atoms with Crippen LogP contribution >= 0.6 is 0 Å². The molecule has 1 heterocycles. The molecule has 2 rings (SSSR count). The molecule has 0 radical (unpaired) electrons. The van der Waals surface area contributed by atoms with Gasteiger partial charge in [0.05, 0.1) is 0 Å². The smallest absolute Gasteiger partial charge is 0.225 e. The monoisotopic (exact) mass is 274 g/mol. The minimum Gasteiger partial charge on any atom is -0.368 e. The van der Waals surface area contributed by atoms with E-state index in [1.54, 1.807) is 0 Å². The molecule has 1 amide bonds. The van der Waals surface area contributed by atoms with Crippen molar-refractivity contribution in [3.05, 3.63) is 29.8 Å². The number of amides is 1. The van der Waals surface area contributed by atoms with Crippen molar-refractivity contribution in [1.82, 2.24) is 5.32 Å². The van der Waals surface area contributed by atoms with Crippen molar-refractivity contribution in [2.75, 3.05) is 18.0 Å². The maximum Gasteiger partial charge on any atom is 0.225 e.